The fourth-order valence-electron chi connectivity index (χ4n) is 1.68. The molecule has 0 aliphatic heterocycles. The van der Waals surface area contributed by atoms with Crippen LogP contribution in [0.5, 0.6) is 0 Å². The normalized spacial score (nSPS) is 12.0. The molecule has 1 N–H and O–H groups in total. The van der Waals surface area contributed by atoms with Crippen LogP contribution in [0.1, 0.15) is 29.0 Å². The van der Waals surface area contributed by atoms with Crippen LogP contribution in [0.4, 0.5) is 0 Å². The lowest BCUT2D eigenvalue weighted by molar-refractivity contribution is 0.582. The van der Waals surface area contributed by atoms with Crippen molar-refractivity contribution < 1.29 is 0 Å². The molecule has 2 rings (SSSR count). The van der Waals surface area contributed by atoms with Crippen LogP contribution in [0.15, 0.2) is 41.8 Å². The SMILES string of the molecule is CC(NCc1ccccc1C#N)c1cccs1. The minimum absolute atomic E-state index is 0.321. The molecule has 0 saturated heterocycles. The number of rotatable bonds is 4. The molecule has 0 spiro atoms. The van der Waals surface area contributed by atoms with Gasteiger partial charge in [-0.3, -0.25) is 0 Å². The third-order valence-electron chi connectivity index (χ3n) is 2.71. The zero-order valence-corrected chi connectivity index (χ0v) is 10.5. The quantitative estimate of drug-likeness (QED) is 0.891. The van der Waals surface area contributed by atoms with Gasteiger partial charge in [0.1, 0.15) is 0 Å². The van der Waals surface area contributed by atoms with Crippen LogP contribution in [-0.2, 0) is 6.54 Å². The van der Waals surface area contributed by atoms with Crippen LogP contribution < -0.4 is 5.32 Å². The highest BCUT2D eigenvalue weighted by molar-refractivity contribution is 7.10. The molecule has 1 heterocycles. The lowest BCUT2D eigenvalue weighted by Gasteiger charge is -2.12. The van der Waals surface area contributed by atoms with E-state index in [4.69, 9.17) is 5.26 Å². The fourth-order valence-corrected chi connectivity index (χ4v) is 2.44. The van der Waals surface area contributed by atoms with Gasteiger partial charge in [-0.15, -0.1) is 11.3 Å². The largest absolute Gasteiger partial charge is 0.305 e. The highest BCUT2D eigenvalue weighted by atomic mass is 32.1. The van der Waals surface area contributed by atoms with E-state index in [1.807, 2.05) is 24.3 Å². The molecule has 0 aliphatic rings. The lowest BCUT2D eigenvalue weighted by atomic mass is 10.1. The van der Waals surface area contributed by atoms with E-state index in [-0.39, 0.29) is 0 Å². The molecule has 2 nitrogen and oxygen atoms in total. The minimum atomic E-state index is 0.321. The molecule has 1 unspecified atom stereocenters. The van der Waals surface area contributed by atoms with Crippen molar-refractivity contribution in [1.29, 1.82) is 5.26 Å². The van der Waals surface area contributed by atoms with Crippen LogP contribution in [0, 0.1) is 11.3 Å². The number of nitriles is 1. The van der Waals surface area contributed by atoms with Gasteiger partial charge in [0.05, 0.1) is 11.6 Å². The van der Waals surface area contributed by atoms with Crippen molar-refractivity contribution in [3.63, 3.8) is 0 Å². The second kappa shape index (κ2) is 5.62. The molecule has 0 aliphatic carbocycles. The van der Waals surface area contributed by atoms with Crippen molar-refractivity contribution >= 4 is 11.3 Å². The summed E-state index contributed by atoms with van der Waals surface area (Å²) in [4.78, 5) is 1.32. The Morgan fingerprint density at radius 2 is 2.12 bits per heavy atom. The average molecular weight is 242 g/mol. The predicted molar refractivity (Wildman–Crippen MR) is 70.7 cm³/mol. The second-order valence-electron chi connectivity index (χ2n) is 3.89. The highest BCUT2D eigenvalue weighted by Gasteiger charge is 2.07. The van der Waals surface area contributed by atoms with Gasteiger partial charge in [-0.2, -0.15) is 5.26 Å². The summed E-state index contributed by atoms with van der Waals surface area (Å²) in [6.45, 7) is 2.86. The van der Waals surface area contributed by atoms with Gasteiger partial charge in [0, 0.05) is 17.5 Å². The molecule has 0 radical (unpaired) electrons. The van der Waals surface area contributed by atoms with Gasteiger partial charge in [-0.25, -0.2) is 0 Å². The van der Waals surface area contributed by atoms with Crippen LogP contribution in [-0.4, -0.2) is 0 Å². The number of nitrogens with zero attached hydrogens (tertiary/aromatic N) is 1. The molecule has 1 aromatic carbocycles. The first-order valence-corrected chi connectivity index (χ1v) is 6.44. The summed E-state index contributed by atoms with van der Waals surface area (Å²) in [6.07, 6.45) is 0. The van der Waals surface area contributed by atoms with Crippen LogP contribution in [0.2, 0.25) is 0 Å². The maximum atomic E-state index is 8.99. The summed E-state index contributed by atoms with van der Waals surface area (Å²) in [5, 5.41) is 14.5. The van der Waals surface area contributed by atoms with E-state index in [0.29, 0.717) is 6.04 Å². The van der Waals surface area contributed by atoms with Crippen molar-refractivity contribution in [1.82, 2.24) is 5.32 Å². The Kier molecular flexibility index (Phi) is 3.92. The van der Waals surface area contributed by atoms with Crippen molar-refractivity contribution in [2.24, 2.45) is 0 Å². The Hall–Kier alpha value is -1.63. The van der Waals surface area contributed by atoms with Gasteiger partial charge in [0.15, 0.2) is 0 Å². The fraction of sp³-hybridized carbons (Fsp3) is 0.214. The summed E-state index contributed by atoms with van der Waals surface area (Å²) < 4.78 is 0. The first-order valence-electron chi connectivity index (χ1n) is 5.56. The Morgan fingerprint density at radius 1 is 1.29 bits per heavy atom. The molecule has 0 fully saturated rings. The van der Waals surface area contributed by atoms with Gasteiger partial charge >= 0.3 is 0 Å². The van der Waals surface area contributed by atoms with Gasteiger partial charge < -0.3 is 5.32 Å². The summed E-state index contributed by atoms with van der Waals surface area (Å²) in [5.74, 6) is 0. The first-order chi connectivity index (χ1) is 8.31. The molecule has 0 amide bonds. The maximum Gasteiger partial charge on any atom is 0.0995 e. The molecular formula is C14H14N2S. The smallest absolute Gasteiger partial charge is 0.0995 e. The van der Waals surface area contributed by atoms with E-state index in [2.05, 4.69) is 35.8 Å². The van der Waals surface area contributed by atoms with E-state index < -0.39 is 0 Å². The van der Waals surface area contributed by atoms with Gasteiger partial charge in [-0.05, 0) is 30.0 Å². The molecule has 3 heteroatoms. The second-order valence-corrected chi connectivity index (χ2v) is 4.87. The number of benzene rings is 1. The Bertz CT molecular complexity index is 511. The molecule has 0 saturated carbocycles. The summed E-state index contributed by atoms with van der Waals surface area (Å²) in [7, 11) is 0. The molecule has 0 bridgehead atoms. The predicted octanol–water partition coefficient (Wildman–Crippen LogP) is 3.47. The van der Waals surface area contributed by atoms with Gasteiger partial charge in [-0.1, -0.05) is 24.3 Å². The number of hydrogen-bond acceptors (Lipinski definition) is 3. The maximum absolute atomic E-state index is 8.99. The zero-order chi connectivity index (χ0) is 12.1. The summed E-state index contributed by atoms with van der Waals surface area (Å²) >= 11 is 1.75. The molecule has 86 valence electrons. The molecule has 2 aromatic rings. The van der Waals surface area contributed by atoms with E-state index >= 15 is 0 Å². The minimum Gasteiger partial charge on any atom is -0.305 e. The van der Waals surface area contributed by atoms with Gasteiger partial charge in [0.25, 0.3) is 0 Å². The topological polar surface area (TPSA) is 35.8 Å². The molecule has 1 atom stereocenters. The van der Waals surface area contributed by atoms with E-state index in [0.717, 1.165) is 17.7 Å². The third kappa shape index (κ3) is 2.94. The van der Waals surface area contributed by atoms with Crippen molar-refractivity contribution in [2.75, 3.05) is 0 Å². The standard InChI is InChI=1S/C14H14N2S/c1-11(14-7-4-8-17-14)16-10-13-6-3-2-5-12(13)9-15/h2-8,11,16H,10H2,1H3. The number of thiophene rings is 1. The molecular weight excluding hydrogens is 228 g/mol. The Morgan fingerprint density at radius 3 is 2.82 bits per heavy atom. The zero-order valence-electron chi connectivity index (χ0n) is 9.68. The molecule has 1 aromatic heterocycles. The Balaban J connectivity index is 2.01. The van der Waals surface area contributed by atoms with Crippen molar-refractivity contribution in [3.8, 4) is 6.07 Å². The van der Waals surface area contributed by atoms with Crippen LogP contribution >= 0.6 is 11.3 Å². The number of hydrogen-bond donors (Lipinski definition) is 1. The van der Waals surface area contributed by atoms with E-state index in [1.165, 1.54) is 4.88 Å². The van der Waals surface area contributed by atoms with E-state index in [9.17, 15) is 0 Å². The van der Waals surface area contributed by atoms with Gasteiger partial charge in [0.2, 0.25) is 0 Å². The van der Waals surface area contributed by atoms with Crippen molar-refractivity contribution in [2.45, 2.75) is 19.5 Å². The Labute approximate surface area is 106 Å². The van der Waals surface area contributed by atoms with Crippen LogP contribution in [0.3, 0.4) is 0 Å². The summed E-state index contributed by atoms with van der Waals surface area (Å²) in [5.41, 5.74) is 1.80. The first kappa shape index (κ1) is 11.8. The monoisotopic (exact) mass is 242 g/mol. The average Bonchev–Trinajstić information content (AvgIpc) is 2.90. The highest BCUT2D eigenvalue weighted by Crippen LogP contribution is 2.19. The van der Waals surface area contributed by atoms with Crippen molar-refractivity contribution in [3.05, 3.63) is 57.8 Å². The van der Waals surface area contributed by atoms with E-state index in [1.54, 1.807) is 11.3 Å². The number of nitrogens with one attached hydrogen (secondary N) is 1. The summed E-state index contributed by atoms with van der Waals surface area (Å²) in [6, 6.07) is 14.4. The van der Waals surface area contributed by atoms with Crippen LogP contribution in [0.25, 0.3) is 0 Å². The molecule has 17 heavy (non-hydrogen) atoms. The third-order valence-corrected chi connectivity index (χ3v) is 3.76. The lowest BCUT2D eigenvalue weighted by Crippen LogP contribution is -2.17.